The zero-order valence-electron chi connectivity index (χ0n) is 14.5. The first-order valence-electron chi connectivity index (χ1n) is 8.43. The SMILES string of the molecule is Cc1ccccc1CNC(=O)c1ccccc1NC(=O)c1ccccc1. The van der Waals surface area contributed by atoms with Gasteiger partial charge in [-0.15, -0.1) is 0 Å². The van der Waals surface area contributed by atoms with Gasteiger partial charge in [0, 0.05) is 12.1 Å². The first-order valence-corrected chi connectivity index (χ1v) is 8.43. The smallest absolute Gasteiger partial charge is 0.255 e. The molecule has 0 spiro atoms. The van der Waals surface area contributed by atoms with Crippen LogP contribution in [0.25, 0.3) is 0 Å². The molecule has 0 heterocycles. The van der Waals surface area contributed by atoms with Crippen molar-refractivity contribution in [3.8, 4) is 0 Å². The Labute approximate surface area is 152 Å². The number of anilines is 1. The molecule has 4 nitrogen and oxygen atoms in total. The van der Waals surface area contributed by atoms with Gasteiger partial charge < -0.3 is 10.6 Å². The topological polar surface area (TPSA) is 58.2 Å². The number of nitrogens with one attached hydrogen (secondary N) is 2. The molecular weight excluding hydrogens is 324 g/mol. The normalized spacial score (nSPS) is 10.2. The van der Waals surface area contributed by atoms with E-state index in [1.165, 1.54) is 0 Å². The second kappa shape index (κ2) is 8.12. The number of para-hydroxylation sites is 1. The molecule has 3 aromatic carbocycles. The van der Waals surface area contributed by atoms with E-state index < -0.39 is 0 Å². The molecule has 2 N–H and O–H groups in total. The number of hydrogen-bond donors (Lipinski definition) is 2. The third-order valence-corrected chi connectivity index (χ3v) is 4.16. The lowest BCUT2D eigenvalue weighted by molar-refractivity contribution is 0.0951. The summed E-state index contributed by atoms with van der Waals surface area (Å²) in [6.07, 6.45) is 0. The molecule has 0 aromatic heterocycles. The minimum Gasteiger partial charge on any atom is -0.348 e. The highest BCUT2D eigenvalue weighted by molar-refractivity contribution is 6.08. The van der Waals surface area contributed by atoms with E-state index in [2.05, 4.69) is 10.6 Å². The predicted molar refractivity (Wildman–Crippen MR) is 103 cm³/mol. The van der Waals surface area contributed by atoms with Gasteiger partial charge in [-0.3, -0.25) is 9.59 Å². The molecule has 0 fully saturated rings. The molecule has 0 aliphatic rings. The van der Waals surface area contributed by atoms with Gasteiger partial charge in [0.1, 0.15) is 0 Å². The molecule has 0 atom stereocenters. The summed E-state index contributed by atoms with van der Waals surface area (Å²) < 4.78 is 0. The fourth-order valence-corrected chi connectivity index (χ4v) is 2.65. The number of amides is 2. The van der Waals surface area contributed by atoms with Crippen LogP contribution in [0.15, 0.2) is 78.9 Å². The number of hydrogen-bond acceptors (Lipinski definition) is 2. The fourth-order valence-electron chi connectivity index (χ4n) is 2.65. The quantitative estimate of drug-likeness (QED) is 0.729. The van der Waals surface area contributed by atoms with E-state index in [4.69, 9.17) is 0 Å². The Balaban J connectivity index is 1.73. The summed E-state index contributed by atoms with van der Waals surface area (Å²) in [6.45, 7) is 2.45. The lowest BCUT2D eigenvalue weighted by atomic mass is 10.1. The molecule has 0 radical (unpaired) electrons. The first kappa shape index (κ1) is 17.4. The Morgan fingerprint density at radius 3 is 2.19 bits per heavy atom. The zero-order chi connectivity index (χ0) is 18.4. The standard InChI is InChI=1S/C22H20N2O2/c1-16-9-5-6-12-18(16)15-23-22(26)19-13-7-8-14-20(19)24-21(25)17-10-3-2-4-11-17/h2-14H,15H2,1H3,(H,23,26)(H,24,25). The Morgan fingerprint density at radius 1 is 0.769 bits per heavy atom. The molecule has 0 aliphatic carbocycles. The maximum absolute atomic E-state index is 12.6. The number of carbonyl (C=O) groups is 2. The summed E-state index contributed by atoms with van der Waals surface area (Å²) in [4.78, 5) is 25.0. The van der Waals surface area contributed by atoms with Crippen molar-refractivity contribution in [1.82, 2.24) is 5.32 Å². The van der Waals surface area contributed by atoms with Crippen LogP contribution in [0.1, 0.15) is 31.8 Å². The summed E-state index contributed by atoms with van der Waals surface area (Å²) in [6, 6.07) is 23.8. The highest BCUT2D eigenvalue weighted by Gasteiger charge is 2.14. The second-order valence-electron chi connectivity index (χ2n) is 5.97. The first-order chi connectivity index (χ1) is 12.6. The monoisotopic (exact) mass is 344 g/mol. The summed E-state index contributed by atoms with van der Waals surface area (Å²) in [5.41, 5.74) is 3.65. The Morgan fingerprint density at radius 2 is 1.42 bits per heavy atom. The fraction of sp³-hybridized carbons (Fsp3) is 0.0909. The van der Waals surface area contributed by atoms with Crippen molar-refractivity contribution < 1.29 is 9.59 Å². The third-order valence-electron chi connectivity index (χ3n) is 4.16. The van der Waals surface area contributed by atoms with Crippen LogP contribution < -0.4 is 10.6 Å². The summed E-state index contributed by atoms with van der Waals surface area (Å²) in [5, 5.41) is 5.74. The summed E-state index contributed by atoms with van der Waals surface area (Å²) in [5.74, 6) is -0.470. The second-order valence-corrected chi connectivity index (χ2v) is 5.97. The van der Waals surface area contributed by atoms with Crippen LogP contribution in [0, 0.1) is 6.92 Å². The number of carbonyl (C=O) groups excluding carboxylic acids is 2. The van der Waals surface area contributed by atoms with E-state index in [-0.39, 0.29) is 11.8 Å². The van der Waals surface area contributed by atoms with Gasteiger partial charge in [-0.05, 0) is 42.3 Å². The van der Waals surface area contributed by atoms with Crippen LogP contribution in [0.5, 0.6) is 0 Å². The minimum atomic E-state index is -0.246. The Hall–Kier alpha value is -3.40. The highest BCUT2D eigenvalue weighted by atomic mass is 16.2. The molecule has 4 heteroatoms. The van der Waals surface area contributed by atoms with Crippen molar-refractivity contribution >= 4 is 17.5 Å². The van der Waals surface area contributed by atoms with Crippen molar-refractivity contribution in [3.05, 3.63) is 101 Å². The molecule has 2 amide bonds. The van der Waals surface area contributed by atoms with Gasteiger partial charge in [-0.2, -0.15) is 0 Å². The molecule has 26 heavy (non-hydrogen) atoms. The number of rotatable bonds is 5. The average molecular weight is 344 g/mol. The zero-order valence-corrected chi connectivity index (χ0v) is 14.5. The lowest BCUT2D eigenvalue weighted by Crippen LogP contribution is -2.25. The minimum absolute atomic E-state index is 0.225. The van der Waals surface area contributed by atoms with Crippen molar-refractivity contribution in [3.63, 3.8) is 0 Å². The van der Waals surface area contributed by atoms with Gasteiger partial charge in [0.2, 0.25) is 0 Å². The van der Waals surface area contributed by atoms with Gasteiger partial charge in [0.25, 0.3) is 11.8 Å². The van der Waals surface area contributed by atoms with Crippen molar-refractivity contribution in [1.29, 1.82) is 0 Å². The molecule has 3 rings (SSSR count). The Bertz CT molecular complexity index is 920. The van der Waals surface area contributed by atoms with Crippen LogP contribution in [-0.2, 0) is 6.54 Å². The van der Waals surface area contributed by atoms with Crippen molar-refractivity contribution in [2.75, 3.05) is 5.32 Å². The molecule has 130 valence electrons. The van der Waals surface area contributed by atoms with Crippen molar-refractivity contribution in [2.45, 2.75) is 13.5 Å². The lowest BCUT2D eigenvalue weighted by Gasteiger charge is -2.12. The van der Waals surface area contributed by atoms with Crippen LogP contribution in [0.3, 0.4) is 0 Å². The molecular formula is C22H20N2O2. The molecule has 3 aromatic rings. The molecule has 0 saturated carbocycles. The van der Waals surface area contributed by atoms with Gasteiger partial charge in [0.05, 0.1) is 11.3 Å². The van der Waals surface area contributed by atoms with Gasteiger partial charge in [-0.1, -0.05) is 54.6 Å². The predicted octanol–water partition coefficient (Wildman–Crippen LogP) is 4.18. The van der Waals surface area contributed by atoms with Crippen LogP contribution in [-0.4, -0.2) is 11.8 Å². The van der Waals surface area contributed by atoms with E-state index >= 15 is 0 Å². The molecule has 0 bridgehead atoms. The maximum Gasteiger partial charge on any atom is 0.255 e. The highest BCUT2D eigenvalue weighted by Crippen LogP contribution is 2.17. The maximum atomic E-state index is 12.6. The van der Waals surface area contributed by atoms with Crippen LogP contribution >= 0.6 is 0 Å². The van der Waals surface area contributed by atoms with Gasteiger partial charge in [-0.25, -0.2) is 0 Å². The number of aryl methyl sites for hydroxylation is 1. The molecule has 0 aliphatic heterocycles. The van der Waals surface area contributed by atoms with E-state index in [1.54, 1.807) is 48.5 Å². The van der Waals surface area contributed by atoms with E-state index in [1.807, 2.05) is 37.3 Å². The average Bonchev–Trinajstić information content (AvgIpc) is 2.68. The van der Waals surface area contributed by atoms with Crippen LogP contribution in [0.4, 0.5) is 5.69 Å². The third kappa shape index (κ3) is 4.16. The Kier molecular flexibility index (Phi) is 5.44. The summed E-state index contributed by atoms with van der Waals surface area (Å²) >= 11 is 0. The van der Waals surface area contributed by atoms with Gasteiger partial charge in [0.15, 0.2) is 0 Å². The largest absolute Gasteiger partial charge is 0.348 e. The summed E-state index contributed by atoms with van der Waals surface area (Å²) in [7, 11) is 0. The van der Waals surface area contributed by atoms with E-state index in [9.17, 15) is 9.59 Å². The molecule has 0 unspecified atom stereocenters. The number of benzene rings is 3. The van der Waals surface area contributed by atoms with Crippen LogP contribution in [0.2, 0.25) is 0 Å². The van der Waals surface area contributed by atoms with E-state index in [0.717, 1.165) is 11.1 Å². The van der Waals surface area contributed by atoms with Gasteiger partial charge >= 0.3 is 0 Å². The van der Waals surface area contributed by atoms with Crippen molar-refractivity contribution in [2.24, 2.45) is 0 Å². The molecule has 0 saturated heterocycles. The van der Waals surface area contributed by atoms with E-state index in [0.29, 0.717) is 23.4 Å².